The first-order chi connectivity index (χ1) is 7.09. The smallest absolute Gasteiger partial charge is 0.315 e. The van der Waals surface area contributed by atoms with Crippen LogP contribution in [0.25, 0.3) is 0 Å². The summed E-state index contributed by atoms with van der Waals surface area (Å²) in [7, 11) is 4.75. The zero-order valence-corrected chi connectivity index (χ0v) is 10.4. The number of nitrogens with zero attached hydrogens (tertiary/aromatic N) is 2. The molecule has 2 aliphatic rings. The van der Waals surface area contributed by atoms with Crippen molar-refractivity contribution in [2.45, 2.75) is 0 Å². The average Bonchev–Trinajstić information content (AvgIpc) is 2.68. The van der Waals surface area contributed by atoms with Gasteiger partial charge in [0, 0.05) is 24.4 Å². The minimum atomic E-state index is 0.708. The molecule has 7 heteroatoms. The molecule has 0 fully saturated rings. The van der Waals surface area contributed by atoms with Crippen LogP contribution in [0.5, 0.6) is 0 Å². The Bertz CT molecular complexity index is 334. The molecule has 4 nitrogen and oxygen atoms in total. The van der Waals surface area contributed by atoms with Crippen molar-refractivity contribution in [3.05, 3.63) is 24.8 Å². The standard InChI is InChI=1S/C8H11BN4S2/c1-10-3-5-12(7(10)14)9-13-6-4-11(2)8(13)15/h3-6,9H,1-2H3/p+2. The van der Waals surface area contributed by atoms with Gasteiger partial charge in [0.15, 0.2) is 0 Å². The van der Waals surface area contributed by atoms with Crippen LogP contribution in [-0.2, 0) is 0 Å². The summed E-state index contributed by atoms with van der Waals surface area (Å²) >= 11 is 10.6. The highest BCUT2D eigenvalue weighted by Crippen LogP contribution is 1.99. The summed E-state index contributed by atoms with van der Waals surface area (Å²) in [6.07, 6.45) is 8.06. The number of rotatable bonds is 2. The van der Waals surface area contributed by atoms with Gasteiger partial charge in [-0.3, -0.25) is 9.80 Å². The summed E-state index contributed by atoms with van der Waals surface area (Å²) in [5, 5.41) is 1.77. The van der Waals surface area contributed by atoms with E-state index in [1.807, 2.05) is 48.5 Å². The zero-order chi connectivity index (χ0) is 11.0. The molecule has 0 spiro atoms. The van der Waals surface area contributed by atoms with E-state index in [0.717, 1.165) is 20.0 Å². The third kappa shape index (κ3) is 1.96. The van der Waals surface area contributed by atoms with E-state index in [1.54, 1.807) is 0 Å². The Morgan fingerprint density at radius 3 is 1.67 bits per heavy atom. The summed E-state index contributed by atoms with van der Waals surface area (Å²) in [5.74, 6) is 0. The van der Waals surface area contributed by atoms with Crippen LogP contribution in [0.2, 0.25) is 0 Å². The number of hydrogen-bond acceptors (Lipinski definition) is 2. The van der Waals surface area contributed by atoms with Crippen LogP contribution < -0.4 is 9.80 Å². The molecule has 15 heavy (non-hydrogen) atoms. The van der Waals surface area contributed by atoms with Gasteiger partial charge in [-0.25, -0.2) is 0 Å². The van der Waals surface area contributed by atoms with Crippen LogP contribution in [0.1, 0.15) is 0 Å². The molecule has 2 N–H and O–H groups in total. The summed E-state index contributed by atoms with van der Waals surface area (Å²) in [6.45, 7) is 0. The van der Waals surface area contributed by atoms with Gasteiger partial charge in [-0.15, -0.1) is 0 Å². The Morgan fingerprint density at radius 1 is 1.00 bits per heavy atom. The number of thiocarbonyl (C=S) groups is 2. The minimum Gasteiger partial charge on any atom is -0.315 e. The third-order valence-corrected chi connectivity index (χ3v) is 3.62. The molecule has 2 aliphatic heterocycles. The van der Waals surface area contributed by atoms with E-state index < -0.39 is 0 Å². The molecule has 2 atom stereocenters. The highest BCUT2D eigenvalue weighted by molar-refractivity contribution is 7.80. The van der Waals surface area contributed by atoms with E-state index in [0.29, 0.717) is 7.55 Å². The van der Waals surface area contributed by atoms with Crippen LogP contribution in [0.15, 0.2) is 24.8 Å². The molecule has 2 heterocycles. The van der Waals surface area contributed by atoms with Crippen LogP contribution in [0, 0.1) is 0 Å². The molecule has 0 aliphatic carbocycles. The van der Waals surface area contributed by atoms with Gasteiger partial charge in [0.25, 0.3) is 10.2 Å². The normalized spacial score (nSPS) is 29.5. The first kappa shape index (κ1) is 10.8. The van der Waals surface area contributed by atoms with Gasteiger partial charge >= 0.3 is 7.55 Å². The molecule has 0 aromatic rings. The molecular formula is C8H13BN4S2+2. The van der Waals surface area contributed by atoms with E-state index in [4.69, 9.17) is 24.4 Å². The summed E-state index contributed by atoms with van der Waals surface area (Å²) < 4.78 is 0. The second kappa shape index (κ2) is 4.01. The molecular weight excluding hydrogens is 227 g/mol. The van der Waals surface area contributed by atoms with E-state index >= 15 is 0 Å². The lowest BCUT2D eigenvalue weighted by Gasteiger charge is -2.19. The van der Waals surface area contributed by atoms with Crippen molar-refractivity contribution < 1.29 is 9.80 Å². The van der Waals surface area contributed by atoms with Gasteiger partial charge in [-0.05, 0) is 0 Å². The first-order valence-corrected chi connectivity index (χ1v) is 5.56. The quantitative estimate of drug-likeness (QED) is 0.407. The van der Waals surface area contributed by atoms with E-state index in [-0.39, 0.29) is 0 Å². The molecule has 0 saturated heterocycles. The van der Waals surface area contributed by atoms with Crippen molar-refractivity contribution in [1.82, 2.24) is 9.62 Å². The van der Waals surface area contributed by atoms with Crippen LogP contribution in [0.3, 0.4) is 0 Å². The number of nitrogens with one attached hydrogen (secondary N) is 2. The van der Waals surface area contributed by atoms with E-state index in [2.05, 4.69) is 0 Å². The van der Waals surface area contributed by atoms with E-state index in [1.165, 1.54) is 0 Å². The summed E-state index contributed by atoms with van der Waals surface area (Å²) in [6, 6.07) is 0. The fraction of sp³-hybridized carbons (Fsp3) is 0.250. The number of quaternary nitrogens is 2. The Morgan fingerprint density at radius 2 is 1.40 bits per heavy atom. The zero-order valence-electron chi connectivity index (χ0n) is 8.73. The predicted molar refractivity (Wildman–Crippen MR) is 68.1 cm³/mol. The van der Waals surface area contributed by atoms with Crippen molar-refractivity contribution in [3.63, 3.8) is 0 Å². The maximum atomic E-state index is 5.29. The molecule has 0 amide bonds. The highest BCUT2D eigenvalue weighted by Gasteiger charge is 2.30. The Labute approximate surface area is 101 Å². The van der Waals surface area contributed by atoms with Crippen LogP contribution >= 0.6 is 24.4 Å². The number of hydrogen-bond donors (Lipinski definition) is 2. The van der Waals surface area contributed by atoms with E-state index in [9.17, 15) is 0 Å². The molecule has 0 saturated carbocycles. The molecule has 78 valence electrons. The van der Waals surface area contributed by atoms with Gasteiger partial charge in [-0.2, -0.15) is 0 Å². The lowest BCUT2D eigenvalue weighted by Crippen LogP contribution is -3.07. The highest BCUT2D eigenvalue weighted by atomic mass is 32.1. The fourth-order valence-electron chi connectivity index (χ4n) is 1.52. The van der Waals surface area contributed by atoms with Gasteiger partial charge in [0.1, 0.15) is 12.4 Å². The Kier molecular flexibility index (Phi) is 2.88. The van der Waals surface area contributed by atoms with Gasteiger partial charge in [-0.1, -0.05) is 0 Å². The Hall–Kier alpha value is -0.755. The summed E-state index contributed by atoms with van der Waals surface area (Å²) in [4.78, 5) is 6.33. The Balaban J connectivity index is 2.00. The van der Waals surface area contributed by atoms with Gasteiger partial charge in [0.05, 0.1) is 26.5 Å². The second-order valence-electron chi connectivity index (χ2n) is 3.69. The largest absolute Gasteiger partial charge is 0.376 e. The van der Waals surface area contributed by atoms with Crippen LogP contribution in [-0.4, -0.2) is 41.5 Å². The fourth-order valence-corrected chi connectivity index (χ4v) is 1.89. The SMILES string of the molecule is C[NH+]1C=CN(BN2C=C[NH+](C)C2=S)C1=S. The lowest BCUT2D eigenvalue weighted by molar-refractivity contribution is -0.717. The van der Waals surface area contributed by atoms with Gasteiger partial charge in [0.2, 0.25) is 0 Å². The maximum Gasteiger partial charge on any atom is 0.376 e. The maximum absolute atomic E-state index is 5.29. The second-order valence-corrected chi connectivity index (χ2v) is 4.46. The van der Waals surface area contributed by atoms with Crippen molar-refractivity contribution in [2.24, 2.45) is 0 Å². The molecule has 0 bridgehead atoms. The van der Waals surface area contributed by atoms with Gasteiger partial charge < -0.3 is 9.62 Å². The molecule has 2 unspecified atom stereocenters. The van der Waals surface area contributed by atoms with Crippen molar-refractivity contribution >= 4 is 42.2 Å². The van der Waals surface area contributed by atoms with Crippen molar-refractivity contribution in [2.75, 3.05) is 14.1 Å². The molecule has 0 aromatic carbocycles. The van der Waals surface area contributed by atoms with Crippen molar-refractivity contribution in [1.29, 1.82) is 0 Å². The predicted octanol–water partition coefficient (Wildman–Crippen LogP) is -2.57. The monoisotopic (exact) mass is 240 g/mol. The third-order valence-electron chi connectivity index (χ3n) is 2.51. The molecule has 0 radical (unpaired) electrons. The van der Waals surface area contributed by atoms with Crippen LogP contribution in [0.4, 0.5) is 0 Å². The average molecular weight is 240 g/mol. The first-order valence-electron chi connectivity index (χ1n) is 4.75. The molecule has 0 aromatic heterocycles. The lowest BCUT2D eigenvalue weighted by atomic mass is 10.1. The molecule has 2 rings (SSSR count). The topological polar surface area (TPSA) is 15.4 Å². The van der Waals surface area contributed by atoms with Crippen molar-refractivity contribution in [3.8, 4) is 0 Å². The minimum absolute atomic E-state index is 0.708. The summed E-state index contributed by atoms with van der Waals surface area (Å²) in [5.41, 5.74) is 0.